The summed E-state index contributed by atoms with van der Waals surface area (Å²) in [5.41, 5.74) is 2.85. The monoisotopic (exact) mass is 460 g/mol. The number of rotatable bonds is 9. The Morgan fingerprint density at radius 2 is 1.84 bits per heavy atom. The smallest absolute Gasteiger partial charge is 0.371 e. The van der Waals surface area contributed by atoms with Crippen LogP contribution < -0.4 is 20.0 Å². The van der Waals surface area contributed by atoms with Crippen molar-refractivity contribution in [1.29, 1.82) is 0 Å². The van der Waals surface area contributed by atoms with Crippen LogP contribution in [-0.4, -0.2) is 19.4 Å². The maximum atomic E-state index is 12.5. The number of nitrogens with two attached hydrogens (primary N) is 1. The third kappa shape index (κ3) is 7.35. The molecule has 0 radical (unpaired) electrons. The average molecular weight is 461 g/mol. The van der Waals surface area contributed by atoms with Crippen molar-refractivity contribution in [2.24, 2.45) is 5.14 Å². The summed E-state index contributed by atoms with van der Waals surface area (Å²) < 4.78 is 26.8. The van der Waals surface area contributed by atoms with Crippen LogP contribution in [0.25, 0.3) is 0 Å². The van der Waals surface area contributed by atoms with Gasteiger partial charge < -0.3 is 14.8 Å². The van der Waals surface area contributed by atoms with E-state index in [4.69, 9.17) is 5.14 Å². The second-order valence-electron chi connectivity index (χ2n) is 6.82. The molecule has 1 heterocycles. The Labute approximate surface area is 185 Å². The quantitative estimate of drug-likeness (QED) is 0.453. The summed E-state index contributed by atoms with van der Waals surface area (Å²) >= 11 is 1.49. The Morgan fingerprint density at radius 3 is 2.45 bits per heavy atom. The highest BCUT2D eigenvalue weighted by Crippen LogP contribution is 2.24. The van der Waals surface area contributed by atoms with Crippen LogP contribution >= 0.6 is 11.3 Å². The van der Waals surface area contributed by atoms with Crippen LogP contribution in [0.3, 0.4) is 0 Å². The van der Waals surface area contributed by atoms with Gasteiger partial charge in [-0.3, -0.25) is 0 Å². The molecule has 0 unspecified atom stereocenters. The van der Waals surface area contributed by atoms with Gasteiger partial charge in [0.15, 0.2) is 0 Å². The molecule has 164 valence electrons. The predicted molar refractivity (Wildman–Crippen MR) is 120 cm³/mol. The van der Waals surface area contributed by atoms with Gasteiger partial charge >= 0.3 is 16.3 Å². The molecule has 2 aromatic carbocycles. The van der Waals surface area contributed by atoms with Crippen LogP contribution in [0.4, 0.5) is 4.79 Å². The lowest BCUT2D eigenvalue weighted by Crippen LogP contribution is -2.38. The summed E-state index contributed by atoms with van der Waals surface area (Å²) in [6.07, 6.45) is 1.29. The number of aromatic nitrogens is 1. The molecule has 1 atom stereocenters. The van der Waals surface area contributed by atoms with E-state index < -0.39 is 10.3 Å². The van der Waals surface area contributed by atoms with E-state index in [1.54, 1.807) is 12.1 Å². The van der Waals surface area contributed by atoms with Crippen LogP contribution in [0.5, 0.6) is 5.75 Å². The van der Waals surface area contributed by atoms with E-state index in [2.05, 4.69) is 19.8 Å². The predicted octanol–water partition coefficient (Wildman–Crippen LogP) is 3.07. The lowest BCUT2D eigenvalue weighted by atomic mass is 10.1. The molecule has 0 fully saturated rings. The fourth-order valence-corrected chi connectivity index (χ4v) is 4.22. The van der Waals surface area contributed by atoms with Gasteiger partial charge in [-0.25, -0.2) is 9.78 Å². The fraction of sp³-hybridized carbons (Fsp3) is 0.238. The third-order valence-electron chi connectivity index (χ3n) is 4.41. The minimum Gasteiger partial charge on any atom is -0.371 e. The van der Waals surface area contributed by atoms with Crippen LogP contribution in [0.1, 0.15) is 34.8 Å². The number of aryl methyl sites for hydroxylation is 1. The minimum absolute atomic E-state index is 0.124. The zero-order chi connectivity index (χ0) is 22.3. The van der Waals surface area contributed by atoms with E-state index in [1.165, 1.54) is 23.5 Å². The Hall–Kier alpha value is -2.95. The minimum atomic E-state index is -4.08. The van der Waals surface area contributed by atoms with Gasteiger partial charge in [0.1, 0.15) is 10.8 Å². The Balaban J connectivity index is 1.69. The molecule has 0 aliphatic heterocycles. The van der Waals surface area contributed by atoms with Crippen LogP contribution in [0.15, 0.2) is 60.0 Å². The highest BCUT2D eigenvalue weighted by Gasteiger charge is 2.19. The van der Waals surface area contributed by atoms with E-state index in [0.29, 0.717) is 13.0 Å². The second-order valence-corrected chi connectivity index (χ2v) is 8.86. The largest absolute Gasteiger partial charge is 0.380 e. The summed E-state index contributed by atoms with van der Waals surface area (Å²) in [5, 5.41) is 13.5. The van der Waals surface area contributed by atoms with Crippen LogP contribution in [0.2, 0.25) is 0 Å². The number of amides is 2. The number of hydrogen-bond donors (Lipinski definition) is 3. The highest BCUT2D eigenvalue weighted by molar-refractivity contribution is 7.84. The van der Waals surface area contributed by atoms with Gasteiger partial charge in [0.05, 0.1) is 11.7 Å². The summed E-state index contributed by atoms with van der Waals surface area (Å²) in [6, 6.07) is 15.5. The van der Waals surface area contributed by atoms with Gasteiger partial charge in [-0.15, -0.1) is 11.3 Å². The molecule has 3 rings (SSSR count). The van der Waals surface area contributed by atoms with Crippen molar-refractivity contribution in [2.45, 2.75) is 32.4 Å². The van der Waals surface area contributed by atoms with Crippen molar-refractivity contribution in [2.75, 3.05) is 0 Å². The van der Waals surface area contributed by atoms with Crippen molar-refractivity contribution in [3.63, 3.8) is 0 Å². The molecule has 0 aliphatic rings. The number of carbonyl (C=O) groups excluding carboxylic acids is 1. The molecule has 8 nitrogen and oxygen atoms in total. The molecule has 3 aromatic rings. The first kappa shape index (κ1) is 22.7. The summed E-state index contributed by atoms with van der Waals surface area (Å²) in [4.78, 5) is 17.1. The molecule has 4 N–H and O–H groups in total. The van der Waals surface area contributed by atoms with Gasteiger partial charge in [-0.1, -0.05) is 49.4 Å². The van der Waals surface area contributed by atoms with E-state index in [0.717, 1.165) is 28.2 Å². The number of carbonyl (C=O) groups is 1. The topological polar surface area (TPSA) is 123 Å². The van der Waals surface area contributed by atoms with Gasteiger partial charge in [0.2, 0.25) is 0 Å². The standard InChI is InChI=1S/C21H24N4O4S2/c1-2-17-14-30-20(24-17)19(25-21(26)23-13-16-6-4-3-5-7-16)12-15-8-10-18(11-9-15)29-31(22,27)28/h3-11,14,19H,2,12-13H2,1H3,(H2,22,27,28)(H2,23,25,26)/t19-/m0/s1. The Bertz CT molecular complexity index is 1100. The first-order valence-corrected chi connectivity index (χ1v) is 12.0. The molecule has 0 spiro atoms. The van der Waals surface area contributed by atoms with Gasteiger partial charge in [0, 0.05) is 11.9 Å². The molecule has 0 saturated heterocycles. The summed E-state index contributed by atoms with van der Waals surface area (Å²) in [5.74, 6) is 0.124. The molecule has 31 heavy (non-hydrogen) atoms. The number of thiazole rings is 1. The Kier molecular flexibility index (Phi) is 7.61. The van der Waals surface area contributed by atoms with Gasteiger partial charge in [-0.2, -0.15) is 13.6 Å². The fourth-order valence-electron chi connectivity index (χ4n) is 2.88. The summed E-state index contributed by atoms with van der Waals surface area (Å²) in [7, 11) is -4.08. The lowest BCUT2D eigenvalue weighted by molar-refractivity contribution is 0.236. The lowest BCUT2D eigenvalue weighted by Gasteiger charge is -2.18. The molecule has 10 heteroatoms. The normalized spacial score (nSPS) is 12.2. The van der Waals surface area contributed by atoms with E-state index in [-0.39, 0.29) is 17.8 Å². The molecular weight excluding hydrogens is 436 g/mol. The van der Waals surface area contributed by atoms with E-state index in [9.17, 15) is 13.2 Å². The van der Waals surface area contributed by atoms with Crippen LogP contribution in [-0.2, 0) is 29.7 Å². The first-order valence-electron chi connectivity index (χ1n) is 9.66. The number of nitrogens with one attached hydrogen (secondary N) is 2. The zero-order valence-corrected chi connectivity index (χ0v) is 18.6. The molecule has 0 aliphatic carbocycles. The molecule has 0 bridgehead atoms. The van der Waals surface area contributed by atoms with Crippen molar-refractivity contribution < 1.29 is 17.4 Å². The number of hydrogen-bond acceptors (Lipinski definition) is 6. The number of urea groups is 1. The Morgan fingerprint density at radius 1 is 1.13 bits per heavy atom. The average Bonchev–Trinajstić information content (AvgIpc) is 3.22. The van der Waals surface area contributed by atoms with Gasteiger partial charge in [0.25, 0.3) is 0 Å². The SMILES string of the molecule is CCc1csc([C@H](Cc2ccc(OS(N)(=O)=O)cc2)NC(=O)NCc2ccccc2)n1. The maximum Gasteiger partial charge on any atom is 0.380 e. The van der Waals surface area contributed by atoms with Crippen molar-refractivity contribution in [3.05, 3.63) is 81.8 Å². The number of nitrogens with zero attached hydrogens (tertiary/aromatic N) is 1. The third-order valence-corrected chi connectivity index (χ3v) is 5.84. The van der Waals surface area contributed by atoms with E-state index >= 15 is 0 Å². The molecule has 1 aromatic heterocycles. The second kappa shape index (κ2) is 10.4. The van der Waals surface area contributed by atoms with E-state index in [1.807, 2.05) is 42.6 Å². The molecule has 2 amide bonds. The summed E-state index contributed by atoms with van der Waals surface area (Å²) in [6.45, 7) is 2.44. The number of benzene rings is 2. The zero-order valence-electron chi connectivity index (χ0n) is 16.9. The van der Waals surface area contributed by atoms with Crippen molar-refractivity contribution >= 4 is 27.7 Å². The molecule has 0 saturated carbocycles. The molecular formula is C21H24N4O4S2. The first-order chi connectivity index (χ1) is 14.8. The van der Waals surface area contributed by atoms with Crippen LogP contribution in [0, 0.1) is 0 Å². The van der Waals surface area contributed by atoms with Crippen molar-refractivity contribution in [3.8, 4) is 5.75 Å². The highest BCUT2D eigenvalue weighted by atomic mass is 32.2. The van der Waals surface area contributed by atoms with Crippen molar-refractivity contribution in [1.82, 2.24) is 15.6 Å². The van der Waals surface area contributed by atoms with Gasteiger partial charge in [-0.05, 0) is 36.1 Å². The maximum absolute atomic E-state index is 12.5.